The van der Waals surface area contributed by atoms with Crippen molar-refractivity contribution in [2.24, 2.45) is 0 Å². The predicted molar refractivity (Wildman–Crippen MR) is 83.2 cm³/mol. The first kappa shape index (κ1) is 16.1. The van der Waals surface area contributed by atoms with Crippen LogP contribution in [0.25, 0.3) is 6.08 Å². The molecule has 1 atom stereocenters. The van der Waals surface area contributed by atoms with Gasteiger partial charge in [-0.1, -0.05) is 11.6 Å². The molecule has 8 heteroatoms. The highest BCUT2D eigenvalue weighted by Crippen LogP contribution is 2.35. The first-order valence-corrected chi connectivity index (χ1v) is 8.14. The molecule has 2 amide bonds. The third kappa shape index (κ3) is 3.48. The minimum atomic E-state index is -0.935. The molecule has 5 nitrogen and oxygen atoms in total. The van der Waals surface area contributed by atoms with Crippen molar-refractivity contribution in [2.75, 3.05) is 6.61 Å². The summed E-state index contributed by atoms with van der Waals surface area (Å²) in [6, 6.07) is 2.54. The minimum absolute atomic E-state index is 0.197. The van der Waals surface area contributed by atoms with Crippen LogP contribution < -0.4 is 0 Å². The standard InChI is InChI=1S/C13H12ClNO4S2/c1-3-19-12(17)7(2)15-11(16)9(21-13(15)18)6-8-4-5-10(14)20-8/h4-7H,3H2,1-2H3/b9-6+/t7-/m0/s1. The van der Waals surface area contributed by atoms with E-state index in [-0.39, 0.29) is 11.5 Å². The summed E-state index contributed by atoms with van der Waals surface area (Å²) in [6.45, 7) is 3.33. The van der Waals surface area contributed by atoms with Gasteiger partial charge in [-0.2, -0.15) is 0 Å². The second kappa shape index (κ2) is 6.64. The van der Waals surface area contributed by atoms with Gasteiger partial charge in [-0.05, 0) is 43.8 Å². The quantitative estimate of drug-likeness (QED) is 0.618. The van der Waals surface area contributed by atoms with Crippen LogP contribution in [0.5, 0.6) is 0 Å². The highest BCUT2D eigenvalue weighted by atomic mass is 35.5. The summed E-state index contributed by atoms with van der Waals surface area (Å²) in [5, 5.41) is -0.477. The van der Waals surface area contributed by atoms with Gasteiger partial charge in [0.15, 0.2) is 0 Å². The maximum absolute atomic E-state index is 12.3. The van der Waals surface area contributed by atoms with E-state index in [1.165, 1.54) is 18.3 Å². The molecule has 0 unspecified atom stereocenters. The van der Waals surface area contributed by atoms with E-state index in [9.17, 15) is 14.4 Å². The summed E-state index contributed by atoms with van der Waals surface area (Å²) >= 11 is 7.93. The van der Waals surface area contributed by atoms with E-state index < -0.39 is 23.2 Å². The molecule has 1 aromatic rings. The zero-order valence-electron chi connectivity index (χ0n) is 11.3. The third-order valence-electron chi connectivity index (χ3n) is 2.71. The molecule has 1 aromatic heterocycles. The number of hydrogen-bond donors (Lipinski definition) is 0. The van der Waals surface area contributed by atoms with Gasteiger partial charge in [0.2, 0.25) is 0 Å². The fourth-order valence-electron chi connectivity index (χ4n) is 1.72. The summed E-state index contributed by atoms with van der Waals surface area (Å²) in [5.74, 6) is -1.09. The van der Waals surface area contributed by atoms with Crippen LogP contribution in [-0.4, -0.2) is 34.7 Å². The van der Waals surface area contributed by atoms with Crippen LogP contribution in [0.4, 0.5) is 4.79 Å². The lowest BCUT2D eigenvalue weighted by molar-refractivity contribution is -0.150. The van der Waals surface area contributed by atoms with E-state index in [2.05, 4.69) is 0 Å². The Bertz CT molecular complexity index is 625. The average molecular weight is 346 g/mol. The van der Waals surface area contributed by atoms with Gasteiger partial charge in [-0.25, -0.2) is 4.79 Å². The number of nitrogens with zero attached hydrogens (tertiary/aromatic N) is 1. The summed E-state index contributed by atoms with van der Waals surface area (Å²) < 4.78 is 5.44. The smallest absolute Gasteiger partial charge is 0.329 e. The monoisotopic (exact) mass is 345 g/mol. The van der Waals surface area contributed by atoms with Gasteiger partial charge in [0, 0.05) is 4.88 Å². The fourth-order valence-corrected chi connectivity index (χ4v) is 3.70. The van der Waals surface area contributed by atoms with Crippen molar-refractivity contribution in [2.45, 2.75) is 19.9 Å². The molecular weight excluding hydrogens is 334 g/mol. The van der Waals surface area contributed by atoms with Crippen LogP contribution in [0.3, 0.4) is 0 Å². The van der Waals surface area contributed by atoms with Crippen LogP contribution in [0.1, 0.15) is 18.7 Å². The lowest BCUT2D eigenvalue weighted by Crippen LogP contribution is -2.42. The molecule has 2 heterocycles. The molecule has 21 heavy (non-hydrogen) atoms. The number of ether oxygens (including phenoxy) is 1. The molecule has 0 N–H and O–H groups in total. The lowest BCUT2D eigenvalue weighted by atomic mass is 10.3. The Labute approximate surface area is 134 Å². The van der Waals surface area contributed by atoms with Crippen LogP contribution in [0.2, 0.25) is 4.34 Å². The van der Waals surface area contributed by atoms with Crippen molar-refractivity contribution >= 4 is 57.9 Å². The summed E-state index contributed by atoms with van der Waals surface area (Å²) in [7, 11) is 0. The number of amides is 2. The van der Waals surface area contributed by atoms with Gasteiger partial charge in [0.05, 0.1) is 15.8 Å². The Hall–Kier alpha value is -1.31. The number of halogens is 1. The largest absolute Gasteiger partial charge is 0.464 e. The van der Waals surface area contributed by atoms with Crippen LogP contribution in [0, 0.1) is 0 Å². The number of thiophene rings is 1. The van der Waals surface area contributed by atoms with E-state index in [0.29, 0.717) is 4.34 Å². The molecule has 0 bridgehead atoms. The number of hydrogen-bond acceptors (Lipinski definition) is 6. The van der Waals surface area contributed by atoms with E-state index in [0.717, 1.165) is 21.5 Å². The summed E-state index contributed by atoms with van der Waals surface area (Å²) in [6.07, 6.45) is 1.60. The normalized spacial score (nSPS) is 18.4. The first-order valence-electron chi connectivity index (χ1n) is 6.13. The van der Waals surface area contributed by atoms with Crippen molar-refractivity contribution in [3.63, 3.8) is 0 Å². The Kier molecular flexibility index (Phi) is 5.08. The number of esters is 1. The Morgan fingerprint density at radius 1 is 1.48 bits per heavy atom. The van der Waals surface area contributed by atoms with Crippen LogP contribution in [0.15, 0.2) is 17.0 Å². The van der Waals surface area contributed by atoms with Gasteiger partial charge in [0.1, 0.15) is 6.04 Å². The van der Waals surface area contributed by atoms with Crippen molar-refractivity contribution in [3.05, 3.63) is 26.3 Å². The third-order valence-corrected chi connectivity index (χ3v) is 4.77. The van der Waals surface area contributed by atoms with E-state index in [1.807, 2.05) is 0 Å². The van der Waals surface area contributed by atoms with Gasteiger partial charge in [-0.3, -0.25) is 14.5 Å². The topological polar surface area (TPSA) is 63.7 Å². The van der Waals surface area contributed by atoms with Gasteiger partial charge < -0.3 is 4.74 Å². The van der Waals surface area contributed by atoms with E-state index in [4.69, 9.17) is 16.3 Å². The molecule has 0 saturated carbocycles. The molecule has 0 radical (unpaired) electrons. The molecule has 1 fully saturated rings. The second-order valence-corrected chi connectivity index (χ2v) is 6.86. The highest BCUT2D eigenvalue weighted by Gasteiger charge is 2.41. The van der Waals surface area contributed by atoms with Crippen molar-refractivity contribution < 1.29 is 19.1 Å². The SMILES string of the molecule is CCOC(=O)[C@H](C)N1C(=O)S/C(=C/c2ccc(Cl)s2)C1=O. The molecule has 1 saturated heterocycles. The lowest BCUT2D eigenvalue weighted by Gasteiger charge is -2.19. The molecule has 0 spiro atoms. The van der Waals surface area contributed by atoms with Gasteiger partial charge >= 0.3 is 5.97 Å². The number of carbonyl (C=O) groups excluding carboxylic acids is 3. The summed E-state index contributed by atoms with van der Waals surface area (Å²) in [4.78, 5) is 37.8. The van der Waals surface area contributed by atoms with Crippen molar-refractivity contribution in [3.8, 4) is 0 Å². The second-order valence-electron chi connectivity index (χ2n) is 4.12. The maximum atomic E-state index is 12.3. The van der Waals surface area contributed by atoms with Crippen LogP contribution >= 0.6 is 34.7 Å². The van der Waals surface area contributed by atoms with Gasteiger partial charge in [0.25, 0.3) is 11.1 Å². The Morgan fingerprint density at radius 2 is 2.19 bits per heavy atom. The molecule has 0 aromatic carbocycles. The Morgan fingerprint density at radius 3 is 2.76 bits per heavy atom. The van der Waals surface area contributed by atoms with Crippen molar-refractivity contribution in [1.82, 2.24) is 4.90 Å². The van der Waals surface area contributed by atoms with Crippen LogP contribution in [-0.2, 0) is 14.3 Å². The Balaban J connectivity index is 2.20. The zero-order chi connectivity index (χ0) is 15.6. The highest BCUT2D eigenvalue weighted by molar-refractivity contribution is 8.18. The fraction of sp³-hybridized carbons (Fsp3) is 0.308. The summed E-state index contributed by atoms with van der Waals surface area (Å²) in [5.41, 5.74) is 0. The average Bonchev–Trinajstić information content (AvgIpc) is 2.94. The number of thioether (sulfide) groups is 1. The maximum Gasteiger partial charge on any atom is 0.329 e. The van der Waals surface area contributed by atoms with Gasteiger partial charge in [-0.15, -0.1) is 11.3 Å². The molecule has 1 aliphatic rings. The molecule has 112 valence electrons. The zero-order valence-corrected chi connectivity index (χ0v) is 13.7. The number of carbonyl (C=O) groups is 3. The van der Waals surface area contributed by atoms with E-state index in [1.54, 1.807) is 25.1 Å². The first-order chi connectivity index (χ1) is 9.93. The molecular formula is C13H12ClNO4S2. The number of rotatable bonds is 4. The minimum Gasteiger partial charge on any atom is -0.464 e. The van der Waals surface area contributed by atoms with E-state index >= 15 is 0 Å². The van der Waals surface area contributed by atoms with Crippen molar-refractivity contribution in [1.29, 1.82) is 0 Å². The predicted octanol–water partition coefficient (Wildman–Crippen LogP) is 3.39. The molecule has 2 rings (SSSR count). The number of imide groups is 1. The molecule has 1 aliphatic heterocycles. The molecule has 0 aliphatic carbocycles.